The molecule has 110 valence electrons. The highest BCUT2D eigenvalue weighted by Crippen LogP contribution is 2.12. The third-order valence-electron chi connectivity index (χ3n) is 3.09. The summed E-state index contributed by atoms with van der Waals surface area (Å²) in [4.78, 5) is 23.2. The normalized spacial score (nSPS) is 12.1. The molecule has 5 nitrogen and oxygen atoms in total. The highest BCUT2D eigenvalue weighted by atomic mass is 16.3. The molecule has 5 heteroatoms. The van der Waals surface area contributed by atoms with Gasteiger partial charge < -0.3 is 15.7 Å². The maximum Gasteiger partial charge on any atom is 0.319 e. The first-order chi connectivity index (χ1) is 9.43. The van der Waals surface area contributed by atoms with Crippen LogP contribution in [0.2, 0.25) is 0 Å². The summed E-state index contributed by atoms with van der Waals surface area (Å²) in [5, 5.41) is 14.5. The van der Waals surface area contributed by atoms with Crippen molar-refractivity contribution in [2.24, 2.45) is 5.92 Å². The van der Waals surface area contributed by atoms with Crippen molar-refractivity contribution in [2.75, 3.05) is 11.9 Å². The number of ketones is 1. The van der Waals surface area contributed by atoms with Gasteiger partial charge in [0.1, 0.15) is 0 Å². The number of Topliss-reactive ketones (excluding diaryl/α,β-unsaturated/α-hetero) is 1. The molecular formula is C15H22N2O3. The first kappa shape index (κ1) is 16.2. The van der Waals surface area contributed by atoms with Crippen LogP contribution in [-0.2, 0) is 0 Å². The number of aliphatic hydroxyl groups is 1. The predicted molar refractivity (Wildman–Crippen MR) is 78.9 cm³/mol. The van der Waals surface area contributed by atoms with E-state index in [0.717, 1.165) is 0 Å². The third kappa shape index (κ3) is 5.01. The van der Waals surface area contributed by atoms with Crippen LogP contribution in [0, 0.1) is 5.92 Å². The van der Waals surface area contributed by atoms with Crippen molar-refractivity contribution in [3.05, 3.63) is 29.8 Å². The zero-order valence-corrected chi connectivity index (χ0v) is 12.1. The van der Waals surface area contributed by atoms with Crippen molar-refractivity contribution in [1.29, 1.82) is 0 Å². The summed E-state index contributed by atoms with van der Waals surface area (Å²) in [5.41, 5.74) is 1.13. The maximum absolute atomic E-state index is 11.9. The molecule has 1 aromatic carbocycles. The monoisotopic (exact) mass is 278 g/mol. The molecule has 0 radical (unpaired) electrons. The van der Waals surface area contributed by atoms with Gasteiger partial charge in [-0.3, -0.25) is 4.79 Å². The number of rotatable bonds is 6. The summed E-state index contributed by atoms with van der Waals surface area (Å²) >= 11 is 0. The number of urea groups is 1. The van der Waals surface area contributed by atoms with Crippen LogP contribution in [0.25, 0.3) is 0 Å². The van der Waals surface area contributed by atoms with Gasteiger partial charge in [0.2, 0.25) is 0 Å². The fraction of sp³-hybridized carbons (Fsp3) is 0.467. The van der Waals surface area contributed by atoms with Gasteiger partial charge in [0.05, 0.1) is 0 Å². The number of hydrogen-bond acceptors (Lipinski definition) is 3. The fourth-order valence-electron chi connectivity index (χ4n) is 1.86. The molecule has 0 heterocycles. The average Bonchev–Trinajstić information content (AvgIpc) is 2.38. The lowest BCUT2D eigenvalue weighted by Crippen LogP contribution is -2.41. The summed E-state index contributed by atoms with van der Waals surface area (Å²) in [6, 6.07) is 6.36. The summed E-state index contributed by atoms with van der Waals surface area (Å²) in [7, 11) is 0. The zero-order chi connectivity index (χ0) is 15.1. The van der Waals surface area contributed by atoms with Crippen LogP contribution in [0.3, 0.4) is 0 Å². The van der Waals surface area contributed by atoms with E-state index < -0.39 is 0 Å². The second-order valence-corrected chi connectivity index (χ2v) is 5.10. The fourth-order valence-corrected chi connectivity index (χ4v) is 1.86. The topological polar surface area (TPSA) is 78.4 Å². The van der Waals surface area contributed by atoms with E-state index in [1.807, 2.05) is 13.8 Å². The molecule has 3 N–H and O–H groups in total. The van der Waals surface area contributed by atoms with Gasteiger partial charge in [0.15, 0.2) is 5.78 Å². The lowest BCUT2D eigenvalue weighted by atomic mass is 10.0. The molecule has 0 aliphatic heterocycles. The Hall–Kier alpha value is -1.88. The Kier molecular flexibility index (Phi) is 6.18. The van der Waals surface area contributed by atoms with Gasteiger partial charge in [-0.25, -0.2) is 4.79 Å². The number of carbonyl (C=O) groups excluding carboxylic acids is 2. The van der Waals surface area contributed by atoms with E-state index >= 15 is 0 Å². The predicted octanol–water partition coefficient (Wildman–Crippen LogP) is 2.42. The summed E-state index contributed by atoms with van der Waals surface area (Å²) in [6.45, 7) is 5.48. The number of anilines is 1. The highest BCUT2D eigenvalue weighted by Gasteiger charge is 2.15. The van der Waals surface area contributed by atoms with Gasteiger partial charge in [-0.1, -0.05) is 26.0 Å². The molecule has 1 aromatic rings. The van der Waals surface area contributed by atoms with Gasteiger partial charge in [-0.05, 0) is 31.4 Å². The Balaban J connectivity index is 2.65. The maximum atomic E-state index is 11.9. The largest absolute Gasteiger partial charge is 0.396 e. The minimum Gasteiger partial charge on any atom is -0.396 e. The number of benzene rings is 1. The molecular weight excluding hydrogens is 256 g/mol. The lowest BCUT2D eigenvalue weighted by molar-refractivity contribution is 0.101. The van der Waals surface area contributed by atoms with Crippen molar-refractivity contribution >= 4 is 17.5 Å². The van der Waals surface area contributed by atoms with E-state index in [1.54, 1.807) is 24.3 Å². The molecule has 0 fully saturated rings. The number of aliphatic hydroxyl groups excluding tert-OH is 1. The Morgan fingerprint density at radius 3 is 2.55 bits per heavy atom. The smallest absolute Gasteiger partial charge is 0.319 e. The molecule has 1 atom stereocenters. The molecule has 2 amide bonds. The van der Waals surface area contributed by atoms with Crippen molar-refractivity contribution in [2.45, 2.75) is 33.2 Å². The Morgan fingerprint density at radius 1 is 1.30 bits per heavy atom. The van der Waals surface area contributed by atoms with Crippen molar-refractivity contribution in [1.82, 2.24) is 5.32 Å². The van der Waals surface area contributed by atoms with Gasteiger partial charge in [0, 0.05) is 23.9 Å². The van der Waals surface area contributed by atoms with Gasteiger partial charge in [0.25, 0.3) is 0 Å². The van der Waals surface area contributed by atoms with E-state index in [2.05, 4.69) is 10.6 Å². The van der Waals surface area contributed by atoms with E-state index in [4.69, 9.17) is 5.11 Å². The molecule has 20 heavy (non-hydrogen) atoms. The summed E-state index contributed by atoms with van der Waals surface area (Å²) < 4.78 is 0. The lowest BCUT2D eigenvalue weighted by Gasteiger charge is -2.21. The molecule has 0 aliphatic rings. The van der Waals surface area contributed by atoms with Crippen LogP contribution >= 0.6 is 0 Å². The molecule has 0 saturated heterocycles. The second-order valence-electron chi connectivity index (χ2n) is 5.10. The van der Waals surface area contributed by atoms with E-state index in [9.17, 15) is 9.59 Å². The van der Waals surface area contributed by atoms with Crippen molar-refractivity contribution in [3.63, 3.8) is 0 Å². The third-order valence-corrected chi connectivity index (χ3v) is 3.09. The number of nitrogens with one attached hydrogen (secondary N) is 2. The van der Waals surface area contributed by atoms with Crippen LogP contribution in [0.4, 0.5) is 10.5 Å². The molecule has 1 unspecified atom stereocenters. The molecule has 0 saturated carbocycles. The van der Waals surface area contributed by atoms with Gasteiger partial charge in [-0.15, -0.1) is 0 Å². The first-order valence-corrected chi connectivity index (χ1v) is 6.73. The van der Waals surface area contributed by atoms with E-state index in [1.165, 1.54) is 6.92 Å². The summed E-state index contributed by atoms with van der Waals surface area (Å²) in [6.07, 6.45) is 0.512. The number of hydrogen-bond donors (Lipinski definition) is 3. The minimum atomic E-state index is -0.335. The SMILES string of the molecule is CC(=O)c1cccc(NC(=O)NC(CCO)C(C)C)c1. The molecule has 1 rings (SSSR count). The molecule has 0 aromatic heterocycles. The first-order valence-electron chi connectivity index (χ1n) is 6.73. The van der Waals surface area contributed by atoms with Gasteiger partial charge >= 0.3 is 6.03 Å². The van der Waals surface area contributed by atoms with Gasteiger partial charge in [-0.2, -0.15) is 0 Å². The zero-order valence-electron chi connectivity index (χ0n) is 12.1. The van der Waals surface area contributed by atoms with Crippen LogP contribution in [0.5, 0.6) is 0 Å². The van der Waals surface area contributed by atoms with Crippen LogP contribution in [0.15, 0.2) is 24.3 Å². The minimum absolute atomic E-state index is 0.0307. The Morgan fingerprint density at radius 2 is 2.00 bits per heavy atom. The number of amides is 2. The quantitative estimate of drug-likeness (QED) is 0.699. The van der Waals surface area contributed by atoms with Crippen molar-refractivity contribution in [3.8, 4) is 0 Å². The van der Waals surface area contributed by atoms with Crippen LogP contribution < -0.4 is 10.6 Å². The Bertz CT molecular complexity index is 472. The number of carbonyl (C=O) groups is 2. The van der Waals surface area contributed by atoms with Crippen LogP contribution in [-0.4, -0.2) is 29.6 Å². The molecule has 0 bridgehead atoms. The average molecular weight is 278 g/mol. The van der Waals surface area contributed by atoms with Crippen LogP contribution in [0.1, 0.15) is 37.6 Å². The van der Waals surface area contributed by atoms with E-state index in [0.29, 0.717) is 17.7 Å². The summed E-state index contributed by atoms with van der Waals surface area (Å²) in [5.74, 6) is 0.186. The second kappa shape index (κ2) is 7.65. The standard InChI is InChI=1S/C15H22N2O3/c1-10(2)14(7-8-18)17-15(20)16-13-6-4-5-12(9-13)11(3)19/h4-6,9-10,14,18H,7-8H2,1-3H3,(H2,16,17,20). The van der Waals surface area contributed by atoms with E-state index in [-0.39, 0.29) is 30.4 Å². The molecule has 0 spiro atoms. The van der Waals surface area contributed by atoms with Crippen molar-refractivity contribution < 1.29 is 14.7 Å². The molecule has 0 aliphatic carbocycles. The Labute approximate surface area is 119 Å². The highest BCUT2D eigenvalue weighted by molar-refractivity contribution is 5.96.